The van der Waals surface area contributed by atoms with Gasteiger partial charge in [-0.05, 0) is 42.0 Å². The highest BCUT2D eigenvalue weighted by Gasteiger charge is 2.17. The summed E-state index contributed by atoms with van der Waals surface area (Å²) in [6.45, 7) is 0.0936. The second kappa shape index (κ2) is 11.9. The molecule has 0 unspecified atom stereocenters. The molecule has 3 aromatic carbocycles. The molecule has 11 heteroatoms. The van der Waals surface area contributed by atoms with Gasteiger partial charge < -0.3 is 19.5 Å². The number of nitriles is 1. The van der Waals surface area contributed by atoms with E-state index in [1.807, 2.05) is 6.07 Å². The zero-order chi connectivity index (χ0) is 26.2. The molecule has 0 atom stereocenters. The number of methoxy groups -OCH3 is 2. The molecule has 3 aromatic rings. The van der Waals surface area contributed by atoms with Crippen molar-refractivity contribution in [2.45, 2.75) is 6.61 Å². The molecular formula is C25H19Cl2N3O6. The van der Waals surface area contributed by atoms with Crippen LogP contribution in [0.4, 0.5) is 11.4 Å². The van der Waals surface area contributed by atoms with Gasteiger partial charge in [0.1, 0.15) is 35.5 Å². The second-order valence-electron chi connectivity index (χ2n) is 7.21. The van der Waals surface area contributed by atoms with Crippen molar-refractivity contribution in [2.24, 2.45) is 0 Å². The Balaban J connectivity index is 1.85. The molecular weight excluding hydrogens is 509 g/mol. The summed E-state index contributed by atoms with van der Waals surface area (Å²) < 4.78 is 16.3. The van der Waals surface area contributed by atoms with Crippen LogP contribution >= 0.6 is 23.2 Å². The van der Waals surface area contributed by atoms with Gasteiger partial charge in [-0.3, -0.25) is 14.9 Å². The molecule has 0 aliphatic heterocycles. The molecule has 0 bridgehead atoms. The molecule has 0 saturated heterocycles. The highest BCUT2D eigenvalue weighted by Crippen LogP contribution is 2.36. The SMILES string of the molecule is COc1cc(NC(=O)/C(C#N)=C/c2cc(Cl)ccc2OCc2ccc([N+](=O)[O-])cc2)c(OC)cc1Cl. The van der Waals surface area contributed by atoms with E-state index in [9.17, 15) is 20.2 Å². The Morgan fingerprint density at radius 1 is 1.06 bits per heavy atom. The van der Waals surface area contributed by atoms with Crippen molar-refractivity contribution in [3.8, 4) is 23.3 Å². The average molecular weight is 528 g/mol. The summed E-state index contributed by atoms with van der Waals surface area (Å²) in [7, 11) is 2.84. The van der Waals surface area contributed by atoms with Gasteiger partial charge in [0.05, 0.1) is 29.9 Å². The minimum Gasteiger partial charge on any atom is -0.495 e. The topological polar surface area (TPSA) is 124 Å². The van der Waals surface area contributed by atoms with Gasteiger partial charge in [-0.2, -0.15) is 5.26 Å². The molecule has 9 nitrogen and oxygen atoms in total. The van der Waals surface area contributed by atoms with Crippen LogP contribution in [0.3, 0.4) is 0 Å². The lowest BCUT2D eigenvalue weighted by Gasteiger charge is -2.13. The van der Waals surface area contributed by atoms with Crippen LogP contribution in [0.5, 0.6) is 17.2 Å². The molecule has 36 heavy (non-hydrogen) atoms. The molecule has 0 aliphatic rings. The first-order valence-electron chi connectivity index (χ1n) is 10.3. The fourth-order valence-corrected chi connectivity index (χ4v) is 3.50. The number of nitro groups is 1. The molecule has 0 heterocycles. The van der Waals surface area contributed by atoms with Gasteiger partial charge in [0.25, 0.3) is 11.6 Å². The normalized spacial score (nSPS) is 10.8. The van der Waals surface area contributed by atoms with Crippen LogP contribution in [-0.4, -0.2) is 25.1 Å². The molecule has 1 N–H and O–H groups in total. The fraction of sp³-hybridized carbons (Fsp3) is 0.120. The van der Waals surface area contributed by atoms with Crippen molar-refractivity contribution in [2.75, 3.05) is 19.5 Å². The third-order valence-electron chi connectivity index (χ3n) is 4.90. The van der Waals surface area contributed by atoms with E-state index in [2.05, 4.69) is 5.32 Å². The molecule has 3 rings (SSSR count). The van der Waals surface area contributed by atoms with Crippen molar-refractivity contribution in [3.63, 3.8) is 0 Å². The summed E-state index contributed by atoms with van der Waals surface area (Å²) in [5, 5.41) is 23.8. The van der Waals surface area contributed by atoms with Crippen molar-refractivity contribution < 1.29 is 23.9 Å². The lowest BCUT2D eigenvalue weighted by Crippen LogP contribution is -2.14. The summed E-state index contributed by atoms with van der Waals surface area (Å²) in [5.41, 5.74) is 1.07. The maximum absolute atomic E-state index is 12.9. The number of hydrogen-bond donors (Lipinski definition) is 1. The van der Waals surface area contributed by atoms with Gasteiger partial charge >= 0.3 is 0 Å². The average Bonchev–Trinajstić information content (AvgIpc) is 2.87. The number of rotatable bonds is 9. The Morgan fingerprint density at radius 2 is 1.75 bits per heavy atom. The van der Waals surface area contributed by atoms with Gasteiger partial charge in [-0.25, -0.2) is 0 Å². The van der Waals surface area contributed by atoms with Crippen LogP contribution in [0.25, 0.3) is 6.08 Å². The minimum absolute atomic E-state index is 0.0338. The number of nitrogens with one attached hydrogen (secondary N) is 1. The number of ether oxygens (including phenoxy) is 3. The Kier molecular flexibility index (Phi) is 8.73. The van der Waals surface area contributed by atoms with Gasteiger partial charge in [0, 0.05) is 34.9 Å². The fourth-order valence-electron chi connectivity index (χ4n) is 3.09. The quantitative estimate of drug-likeness (QED) is 0.155. The zero-order valence-corrected chi connectivity index (χ0v) is 20.6. The summed E-state index contributed by atoms with van der Waals surface area (Å²) in [5.74, 6) is 0.235. The third kappa shape index (κ3) is 6.44. The number of nitro benzene ring substituents is 1. The molecule has 0 spiro atoms. The van der Waals surface area contributed by atoms with Crippen LogP contribution in [0, 0.1) is 21.4 Å². The van der Waals surface area contributed by atoms with E-state index >= 15 is 0 Å². The number of amides is 1. The summed E-state index contributed by atoms with van der Waals surface area (Å²) >= 11 is 12.2. The molecule has 1 amide bonds. The first-order chi connectivity index (χ1) is 17.2. The van der Waals surface area contributed by atoms with E-state index in [1.54, 1.807) is 30.3 Å². The van der Waals surface area contributed by atoms with Crippen LogP contribution < -0.4 is 19.5 Å². The van der Waals surface area contributed by atoms with Gasteiger partial charge in [0.15, 0.2) is 0 Å². The Labute approximate surface area is 216 Å². The molecule has 0 aromatic heterocycles. The van der Waals surface area contributed by atoms with Crippen molar-refractivity contribution in [1.82, 2.24) is 0 Å². The summed E-state index contributed by atoms with van der Waals surface area (Å²) in [4.78, 5) is 23.2. The smallest absolute Gasteiger partial charge is 0.269 e. The molecule has 0 radical (unpaired) electrons. The van der Waals surface area contributed by atoms with Gasteiger partial charge in [-0.15, -0.1) is 0 Å². The monoisotopic (exact) mass is 527 g/mol. The zero-order valence-electron chi connectivity index (χ0n) is 19.1. The van der Waals surface area contributed by atoms with E-state index < -0.39 is 10.8 Å². The first kappa shape index (κ1) is 26.3. The number of non-ortho nitro benzene ring substituents is 1. The lowest BCUT2D eigenvalue weighted by atomic mass is 10.1. The van der Waals surface area contributed by atoms with E-state index in [-0.39, 0.29) is 34.3 Å². The maximum atomic E-state index is 12.9. The van der Waals surface area contributed by atoms with Crippen LogP contribution in [-0.2, 0) is 11.4 Å². The predicted molar refractivity (Wildman–Crippen MR) is 136 cm³/mol. The Hall–Kier alpha value is -4.26. The Morgan fingerprint density at radius 3 is 2.36 bits per heavy atom. The first-order valence-corrected chi connectivity index (χ1v) is 11.0. The molecule has 0 fully saturated rings. The molecule has 0 aliphatic carbocycles. The minimum atomic E-state index is -0.707. The van der Waals surface area contributed by atoms with Crippen molar-refractivity contribution in [1.29, 1.82) is 5.26 Å². The number of carbonyl (C=O) groups is 1. The summed E-state index contributed by atoms with van der Waals surface area (Å²) in [6, 6.07) is 15.5. The third-order valence-corrected chi connectivity index (χ3v) is 5.43. The van der Waals surface area contributed by atoms with Gasteiger partial charge in [0.2, 0.25) is 0 Å². The highest BCUT2D eigenvalue weighted by molar-refractivity contribution is 6.32. The highest BCUT2D eigenvalue weighted by atomic mass is 35.5. The van der Waals surface area contributed by atoms with Crippen LogP contribution in [0.2, 0.25) is 10.0 Å². The number of benzene rings is 3. The number of anilines is 1. The lowest BCUT2D eigenvalue weighted by molar-refractivity contribution is -0.384. The number of hydrogen-bond acceptors (Lipinski definition) is 7. The second-order valence-corrected chi connectivity index (χ2v) is 8.05. The van der Waals surface area contributed by atoms with Crippen LogP contribution in [0.15, 0.2) is 60.2 Å². The number of nitrogens with zero attached hydrogens (tertiary/aromatic N) is 2. The van der Waals surface area contributed by atoms with E-state index in [4.69, 9.17) is 37.4 Å². The molecule has 184 valence electrons. The molecule has 0 saturated carbocycles. The predicted octanol–water partition coefficient (Wildman–Crippen LogP) is 6.04. The number of carbonyl (C=O) groups excluding carboxylic acids is 1. The summed E-state index contributed by atoms with van der Waals surface area (Å²) in [6.07, 6.45) is 1.34. The standard InChI is InChI=1S/C25H19Cl2N3O6/c1-34-23-12-21(24(35-2)11-20(23)27)29-25(31)17(13-28)9-16-10-18(26)5-8-22(16)36-14-15-3-6-19(7-4-15)30(32)33/h3-12H,14H2,1-2H3,(H,29,31)/b17-9+. The van der Waals surface area contributed by atoms with Crippen molar-refractivity contribution >= 4 is 46.6 Å². The maximum Gasteiger partial charge on any atom is 0.269 e. The van der Waals surface area contributed by atoms with Crippen molar-refractivity contribution in [3.05, 3.63) is 91.5 Å². The van der Waals surface area contributed by atoms with E-state index in [0.29, 0.717) is 27.6 Å². The van der Waals surface area contributed by atoms with E-state index in [1.165, 1.54) is 44.6 Å². The van der Waals surface area contributed by atoms with E-state index in [0.717, 1.165) is 0 Å². The Bertz CT molecular complexity index is 1370. The largest absolute Gasteiger partial charge is 0.495 e. The van der Waals surface area contributed by atoms with Crippen LogP contribution in [0.1, 0.15) is 11.1 Å². The van der Waals surface area contributed by atoms with Gasteiger partial charge in [-0.1, -0.05) is 23.2 Å². The number of halogens is 2.